The number of anilines is 1. The van der Waals surface area contributed by atoms with Crippen molar-refractivity contribution in [2.45, 2.75) is 6.54 Å². The summed E-state index contributed by atoms with van der Waals surface area (Å²) >= 11 is 0. The standard InChI is InChI=1S/C24H19FN2O2/c25-20-9-5-4-8-17(20)15-26-24-13-18(16-6-2-1-3-7-16)19-12-22-23(14-21(19)27-24)29-11-10-28-22/h1-9,12-14H,10-11,15H2,(H,26,27). The van der Waals surface area contributed by atoms with Gasteiger partial charge in [-0.2, -0.15) is 0 Å². The number of halogens is 1. The van der Waals surface area contributed by atoms with Crippen LogP contribution in [0.2, 0.25) is 0 Å². The predicted octanol–water partition coefficient (Wildman–Crippen LogP) is 5.42. The van der Waals surface area contributed by atoms with Crippen LogP contribution in [0.15, 0.2) is 72.8 Å². The molecule has 1 aromatic heterocycles. The maximum Gasteiger partial charge on any atom is 0.163 e. The third-order valence-electron chi connectivity index (χ3n) is 4.98. The van der Waals surface area contributed by atoms with Gasteiger partial charge in [-0.1, -0.05) is 48.5 Å². The Hall–Kier alpha value is -3.60. The number of aromatic nitrogens is 1. The number of rotatable bonds is 4. The molecule has 5 heteroatoms. The SMILES string of the molecule is Fc1ccccc1CNc1cc(-c2ccccc2)c2cc3c(cc2n1)OCCO3. The monoisotopic (exact) mass is 386 g/mol. The molecular weight excluding hydrogens is 367 g/mol. The molecule has 0 spiro atoms. The van der Waals surface area contributed by atoms with E-state index in [4.69, 9.17) is 14.5 Å². The third-order valence-corrected chi connectivity index (χ3v) is 4.98. The molecule has 144 valence electrons. The summed E-state index contributed by atoms with van der Waals surface area (Å²) in [4.78, 5) is 4.75. The number of fused-ring (bicyclic) bond motifs is 2. The van der Waals surface area contributed by atoms with Gasteiger partial charge in [0.25, 0.3) is 0 Å². The summed E-state index contributed by atoms with van der Waals surface area (Å²) in [6.07, 6.45) is 0. The topological polar surface area (TPSA) is 43.4 Å². The van der Waals surface area contributed by atoms with E-state index in [1.54, 1.807) is 12.1 Å². The fourth-order valence-corrected chi connectivity index (χ4v) is 3.54. The minimum absolute atomic E-state index is 0.233. The first-order valence-corrected chi connectivity index (χ1v) is 9.55. The summed E-state index contributed by atoms with van der Waals surface area (Å²) in [7, 11) is 0. The van der Waals surface area contributed by atoms with Crippen LogP contribution >= 0.6 is 0 Å². The minimum atomic E-state index is -0.233. The van der Waals surface area contributed by atoms with E-state index in [1.807, 2.05) is 42.5 Å². The van der Waals surface area contributed by atoms with Crippen molar-refractivity contribution in [1.29, 1.82) is 0 Å². The maximum absolute atomic E-state index is 14.0. The van der Waals surface area contributed by atoms with Crippen LogP contribution in [0.3, 0.4) is 0 Å². The zero-order valence-corrected chi connectivity index (χ0v) is 15.7. The lowest BCUT2D eigenvalue weighted by molar-refractivity contribution is 0.172. The summed E-state index contributed by atoms with van der Waals surface area (Å²) in [6, 6.07) is 22.8. The van der Waals surface area contributed by atoms with Crippen molar-refractivity contribution in [3.05, 3.63) is 84.2 Å². The van der Waals surface area contributed by atoms with Gasteiger partial charge >= 0.3 is 0 Å². The van der Waals surface area contributed by atoms with Gasteiger partial charge in [0.2, 0.25) is 0 Å². The molecule has 0 fully saturated rings. The van der Waals surface area contributed by atoms with E-state index in [9.17, 15) is 4.39 Å². The average Bonchev–Trinajstić information content (AvgIpc) is 2.77. The second-order valence-corrected chi connectivity index (χ2v) is 6.88. The highest BCUT2D eigenvalue weighted by Gasteiger charge is 2.16. The smallest absolute Gasteiger partial charge is 0.163 e. The van der Waals surface area contributed by atoms with E-state index in [0.717, 1.165) is 27.8 Å². The van der Waals surface area contributed by atoms with Crippen LogP contribution in [0, 0.1) is 5.82 Å². The fraction of sp³-hybridized carbons (Fsp3) is 0.125. The van der Waals surface area contributed by atoms with Crippen molar-refractivity contribution in [2.24, 2.45) is 0 Å². The van der Waals surface area contributed by atoms with E-state index in [-0.39, 0.29) is 5.82 Å². The van der Waals surface area contributed by atoms with E-state index in [1.165, 1.54) is 6.07 Å². The predicted molar refractivity (Wildman–Crippen MR) is 112 cm³/mol. The van der Waals surface area contributed by atoms with E-state index >= 15 is 0 Å². The van der Waals surface area contributed by atoms with Crippen LogP contribution in [0.4, 0.5) is 10.2 Å². The lowest BCUT2D eigenvalue weighted by atomic mass is 10.0. The van der Waals surface area contributed by atoms with E-state index < -0.39 is 0 Å². The van der Waals surface area contributed by atoms with Gasteiger partial charge < -0.3 is 14.8 Å². The Bertz CT molecular complexity index is 1180. The second-order valence-electron chi connectivity index (χ2n) is 6.88. The Kier molecular flexibility index (Phi) is 4.48. The van der Waals surface area contributed by atoms with E-state index in [0.29, 0.717) is 36.9 Å². The van der Waals surface area contributed by atoms with Gasteiger partial charge in [0, 0.05) is 23.6 Å². The molecule has 0 radical (unpaired) electrons. The molecule has 0 saturated carbocycles. The van der Waals surface area contributed by atoms with Crippen molar-refractivity contribution in [2.75, 3.05) is 18.5 Å². The van der Waals surface area contributed by atoms with Crippen LogP contribution in [-0.4, -0.2) is 18.2 Å². The molecule has 0 aliphatic carbocycles. The summed E-state index contributed by atoms with van der Waals surface area (Å²) in [5.41, 5.74) is 3.50. The highest BCUT2D eigenvalue weighted by Crippen LogP contribution is 2.39. The molecule has 4 aromatic rings. The number of nitrogens with one attached hydrogen (secondary N) is 1. The van der Waals surface area contributed by atoms with Crippen molar-refractivity contribution >= 4 is 16.7 Å². The summed E-state index contributed by atoms with van der Waals surface area (Å²) in [6.45, 7) is 1.41. The second kappa shape index (κ2) is 7.43. The highest BCUT2D eigenvalue weighted by atomic mass is 19.1. The number of pyridine rings is 1. The van der Waals surface area contributed by atoms with Gasteiger partial charge in [-0.15, -0.1) is 0 Å². The molecule has 29 heavy (non-hydrogen) atoms. The molecule has 0 saturated heterocycles. The van der Waals surface area contributed by atoms with Gasteiger partial charge in [0.15, 0.2) is 11.5 Å². The fourth-order valence-electron chi connectivity index (χ4n) is 3.54. The van der Waals surface area contributed by atoms with Crippen LogP contribution in [-0.2, 0) is 6.54 Å². The van der Waals surface area contributed by atoms with Crippen LogP contribution in [0.5, 0.6) is 11.5 Å². The summed E-state index contributed by atoms with van der Waals surface area (Å²) in [5.74, 6) is 1.87. The number of benzene rings is 3. The zero-order valence-electron chi connectivity index (χ0n) is 15.7. The van der Waals surface area contributed by atoms with Crippen molar-refractivity contribution in [1.82, 2.24) is 4.98 Å². The third kappa shape index (κ3) is 3.47. The Morgan fingerprint density at radius 3 is 2.38 bits per heavy atom. The number of ether oxygens (including phenoxy) is 2. The van der Waals surface area contributed by atoms with Gasteiger partial charge in [0.05, 0.1) is 5.52 Å². The maximum atomic E-state index is 14.0. The molecule has 1 aliphatic heterocycles. The zero-order chi connectivity index (χ0) is 19.6. The molecule has 0 amide bonds. The molecule has 4 nitrogen and oxygen atoms in total. The van der Waals surface area contributed by atoms with Gasteiger partial charge in [-0.25, -0.2) is 9.37 Å². The molecule has 3 aromatic carbocycles. The van der Waals surface area contributed by atoms with Crippen molar-refractivity contribution < 1.29 is 13.9 Å². The lowest BCUT2D eigenvalue weighted by Gasteiger charge is -2.20. The normalized spacial score (nSPS) is 12.7. The summed E-state index contributed by atoms with van der Waals surface area (Å²) in [5, 5.41) is 4.24. The first kappa shape index (κ1) is 17.5. The molecular formula is C24H19FN2O2. The Morgan fingerprint density at radius 2 is 1.59 bits per heavy atom. The van der Waals surface area contributed by atoms with Crippen molar-refractivity contribution in [3.8, 4) is 22.6 Å². The molecule has 0 unspecified atom stereocenters. The van der Waals surface area contributed by atoms with Crippen molar-refractivity contribution in [3.63, 3.8) is 0 Å². The minimum Gasteiger partial charge on any atom is -0.486 e. The molecule has 2 heterocycles. The molecule has 1 N–H and O–H groups in total. The largest absolute Gasteiger partial charge is 0.486 e. The number of hydrogen-bond acceptors (Lipinski definition) is 4. The highest BCUT2D eigenvalue weighted by molar-refractivity contribution is 5.98. The van der Waals surface area contributed by atoms with Gasteiger partial charge in [-0.3, -0.25) is 0 Å². The molecule has 0 bridgehead atoms. The first-order chi connectivity index (χ1) is 14.3. The Balaban J connectivity index is 1.60. The first-order valence-electron chi connectivity index (χ1n) is 9.55. The quantitative estimate of drug-likeness (QED) is 0.508. The van der Waals surface area contributed by atoms with Gasteiger partial charge in [-0.05, 0) is 29.3 Å². The number of hydrogen-bond donors (Lipinski definition) is 1. The molecule has 0 atom stereocenters. The van der Waals surface area contributed by atoms with Crippen LogP contribution in [0.1, 0.15) is 5.56 Å². The van der Waals surface area contributed by atoms with Crippen LogP contribution < -0.4 is 14.8 Å². The van der Waals surface area contributed by atoms with Gasteiger partial charge in [0.1, 0.15) is 24.8 Å². The Labute approximate surface area is 167 Å². The Morgan fingerprint density at radius 1 is 0.862 bits per heavy atom. The van der Waals surface area contributed by atoms with E-state index in [2.05, 4.69) is 17.4 Å². The number of nitrogens with zero attached hydrogens (tertiary/aromatic N) is 1. The average molecular weight is 386 g/mol. The van der Waals surface area contributed by atoms with Crippen LogP contribution in [0.25, 0.3) is 22.0 Å². The lowest BCUT2D eigenvalue weighted by Crippen LogP contribution is -2.15. The molecule has 5 rings (SSSR count). The molecule has 1 aliphatic rings. The summed E-state index contributed by atoms with van der Waals surface area (Å²) < 4.78 is 25.5.